The second-order valence-corrected chi connectivity index (χ2v) is 5.49. The molecule has 0 aliphatic rings. The molecule has 0 radical (unpaired) electrons. The van der Waals surface area contributed by atoms with Crippen molar-refractivity contribution in [2.75, 3.05) is 20.2 Å². The lowest BCUT2D eigenvalue weighted by Crippen LogP contribution is -2.35. The molecule has 0 atom stereocenters. The number of nitrogens with one attached hydrogen (secondary N) is 1. The Kier molecular flexibility index (Phi) is 5.17. The average molecular weight is 251 g/mol. The molecule has 0 saturated carbocycles. The molecule has 0 aliphatic heterocycles. The van der Waals surface area contributed by atoms with Crippen LogP contribution in [0.25, 0.3) is 0 Å². The molecule has 3 nitrogen and oxygen atoms in total. The maximum Gasteiger partial charge on any atom is 0.122 e. The van der Waals surface area contributed by atoms with Crippen LogP contribution in [0, 0.1) is 13.8 Å². The maximum absolute atomic E-state index is 9.61. The Morgan fingerprint density at radius 1 is 1.22 bits per heavy atom. The topological polar surface area (TPSA) is 41.5 Å². The predicted octanol–water partition coefficient (Wildman–Crippen LogP) is 2.22. The fourth-order valence-corrected chi connectivity index (χ4v) is 1.85. The Labute approximate surface area is 110 Å². The van der Waals surface area contributed by atoms with E-state index < -0.39 is 5.60 Å². The molecule has 0 amide bonds. The summed E-state index contributed by atoms with van der Waals surface area (Å²) < 4.78 is 5.40. The highest BCUT2D eigenvalue weighted by Gasteiger charge is 2.11. The molecule has 0 saturated heterocycles. The van der Waals surface area contributed by atoms with Gasteiger partial charge in [-0.3, -0.25) is 0 Å². The molecule has 0 aromatic heterocycles. The van der Waals surface area contributed by atoms with E-state index >= 15 is 0 Å². The lowest BCUT2D eigenvalue weighted by Gasteiger charge is -2.18. The zero-order valence-electron chi connectivity index (χ0n) is 12.1. The summed E-state index contributed by atoms with van der Waals surface area (Å²) in [6.07, 6.45) is 0.903. The van der Waals surface area contributed by atoms with Crippen molar-refractivity contribution in [3.63, 3.8) is 0 Å². The number of methoxy groups -OCH3 is 1. The van der Waals surface area contributed by atoms with Gasteiger partial charge in [-0.2, -0.15) is 0 Å². The van der Waals surface area contributed by atoms with E-state index in [9.17, 15) is 5.11 Å². The molecule has 0 aliphatic carbocycles. The molecule has 0 bridgehead atoms. The van der Waals surface area contributed by atoms with Gasteiger partial charge >= 0.3 is 0 Å². The summed E-state index contributed by atoms with van der Waals surface area (Å²) in [6.45, 7) is 9.24. The molecule has 1 aromatic rings. The normalized spacial score (nSPS) is 11.7. The van der Waals surface area contributed by atoms with Crippen LogP contribution in [-0.4, -0.2) is 30.9 Å². The fourth-order valence-electron chi connectivity index (χ4n) is 1.85. The van der Waals surface area contributed by atoms with Gasteiger partial charge in [-0.1, -0.05) is 6.07 Å². The average Bonchev–Trinajstić information content (AvgIpc) is 2.27. The Morgan fingerprint density at radius 2 is 1.83 bits per heavy atom. The highest BCUT2D eigenvalue weighted by atomic mass is 16.5. The van der Waals surface area contributed by atoms with E-state index in [1.54, 1.807) is 21.0 Å². The van der Waals surface area contributed by atoms with E-state index in [0.29, 0.717) is 6.54 Å². The van der Waals surface area contributed by atoms with Crippen molar-refractivity contribution in [3.05, 3.63) is 28.8 Å². The first-order chi connectivity index (χ1) is 8.33. The Bertz CT molecular complexity index is 394. The van der Waals surface area contributed by atoms with Crippen molar-refractivity contribution in [1.82, 2.24) is 5.32 Å². The first kappa shape index (κ1) is 15.0. The second kappa shape index (κ2) is 6.21. The third-order valence-electron chi connectivity index (χ3n) is 3.03. The predicted molar refractivity (Wildman–Crippen MR) is 75.3 cm³/mol. The summed E-state index contributed by atoms with van der Waals surface area (Å²) in [6, 6.07) is 4.26. The molecule has 0 fully saturated rings. The minimum atomic E-state index is -0.659. The van der Waals surface area contributed by atoms with Gasteiger partial charge in [0.05, 0.1) is 12.7 Å². The number of aryl methyl sites for hydroxylation is 2. The molecular formula is C15H25NO2. The van der Waals surface area contributed by atoms with Crippen LogP contribution in [0.1, 0.15) is 30.5 Å². The molecule has 2 N–H and O–H groups in total. The van der Waals surface area contributed by atoms with Gasteiger partial charge < -0.3 is 15.2 Å². The van der Waals surface area contributed by atoms with E-state index in [1.165, 1.54) is 16.7 Å². The van der Waals surface area contributed by atoms with Gasteiger partial charge in [0.2, 0.25) is 0 Å². The highest BCUT2D eigenvalue weighted by molar-refractivity contribution is 5.41. The van der Waals surface area contributed by atoms with Crippen molar-refractivity contribution in [2.45, 2.75) is 39.7 Å². The molecule has 1 aromatic carbocycles. The number of rotatable bonds is 6. The summed E-state index contributed by atoms with van der Waals surface area (Å²) >= 11 is 0. The van der Waals surface area contributed by atoms with Crippen molar-refractivity contribution >= 4 is 0 Å². The van der Waals surface area contributed by atoms with Gasteiger partial charge in [-0.15, -0.1) is 0 Å². The van der Waals surface area contributed by atoms with Crippen LogP contribution in [0.3, 0.4) is 0 Å². The standard InChI is InChI=1S/C15H25NO2/c1-11-8-13(14(18-5)9-12(11)2)6-7-16-10-15(3,4)17/h8-9,16-17H,6-7,10H2,1-5H3. The minimum Gasteiger partial charge on any atom is -0.496 e. The molecule has 18 heavy (non-hydrogen) atoms. The van der Waals surface area contributed by atoms with Crippen molar-refractivity contribution < 1.29 is 9.84 Å². The van der Waals surface area contributed by atoms with E-state index in [2.05, 4.69) is 31.3 Å². The van der Waals surface area contributed by atoms with Crippen molar-refractivity contribution in [1.29, 1.82) is 0 Å². The van der Waals surface area contributed by atoms with Crippen LogP contribution in [0.2, 0.25) is 0 Å². The number of benzene rings is 1. The number of ether oxygens (including phenoxy) is 1. The zero-order chi connectivity index (χ0) is 13.8. The summed E-state index contributed by atoms with van der Waals surface area (Å²) in [5.74, 6) is 0.947. The van der Waals surface area contributed by atoms with E-state index in [0.717, 1.165) is 18.7 Å². The van der Waals surface area contributed by atoms with Gasteiger partial charge in [0, 0.05) is 6.54 Å². The molecule has 1 rings (SSSR count). The molecule has 0 heterocycles. The van der Waals surface area contributed by atoms with Crippen LogP contribution in [0.15, 0.2) is 12.1 Å². The highest BCUT2D eigenvalue weighted by Crippen LogP contribution is 2.23. The molecule has 0 unspecified atom stereocenters. The van der Waals surface area contributed by atoms with Crippen molar-refractivity contribution in [3.8, 4) is 5.75 Å². The van der Waals surface area contributed by atoms with Crippen LogP contribution in [0.4, 0.5) is 0 Å². The van der Waals surface area contributed by atoms with Crippen LogP contribution < -0.4 is 10.1 Å². The third kappa shape index (κ3) is 4.67. The summed E-state index contributed by atoms with van der Waals surface area (Å²) in [7, 11) is 1.71. The Balaban J connectivity index is 2.59. The Morgan fingerprint density at radius 3 is 2.39 bits per heavy atom. The lowest BCUT2D eigenvalue weighted by atomic mass is 10.0. The minimum absolute atomic E-state index is 0.597. The van der Waals surface area contributed by atoms with Gasteiger partial charge in [0.1, 0.15) is 5.75 Å². The largest absolute Gasteiger partial charge is 0.496 e. The van der Waals surface area contributed by atoms with Gasteiger partial charge in [-0.25, -0.2) is 0 Å². The number of hydrogen-bond acceptors (Lipinski definition) is 3. The first-order valence-corrected chi connectivity index (χ1v) is 6.40. The number of aliphatic hydroxyl groups is 1. The van der Waals surface area contributed by atoms with Crippen LogP contribution in [-0.2, 0) is 6.42 Å². The van der Waals surface area contributed by atoms with Crippen LogP contribution in [0.5, 0.6) is 5.75 Å². The monoisotopic (exact) mass is 251 g/mol. The maximum atomic E-state index is 9.61. The Hall–Kier alpha value is -1.06. The molecule has 102 valence electrons. The fraction of sp³-hybridized carbons (Fsp3) is 0.600. The smallest absolute Gasteiger partial charge is 0.122 e. The quantitative estimate of drug-likeness (QED) is 0.762. The first-order valence-electron chi connectivity index (χ1n) is 6.40. The second-order valence-electron chi connectivity index (χ2n) is 5.49. The third-order valence-corrected chi connectivity index (χ3v) is 3.03. The summed E-state index contributed by atoms with van der Waals surface area (Å²) in [4.78, 5) is 0. The molecular weight excluding hydrogens is 226 g/mol. The molecule has 3 heteroatoms. The zero-order valence-corrected chi connectivity index (χ0v) is 12.1. The van der Waals surface area contributed by atoms with E-state index in [1.807, 2.05) is 0 Å². The summed E-state index contributed by atoms with van der Waals surface area (Å²) in [5, 5.41) is 12.9. The van der Waals surface area contributed by atoms with Gasteiger partial charge in [0.25, 0.3) is 0 Å². The summed E-state index contributed by atoms with van der Waals surface area (Å²) in [5.41, 5.74) is 3.09. The van der Waals surface area contributed by atoms with E-state index in [4.69, 9.17) is 4.74 Å². The van der Waals surface area contributed by atoms with Crippen LogP contribution >= 0.6 is 0 Å². The molecule has 0 spiro atoms. The lowest BCUT2D eigenvalue weighted by molar-refractivity contribution is 0.0801. The van der Waals surface area contributed by atoms with E-state index in [-0.39, 0.29) is 0 Å². The number of hydrogen-bond donors (Lipinski definition) is 2. The van der Waals surface area contributed by atoms with Crippen molar-refractivity contribution in [2.24, 2.45) is 0 Å². The SMILES string of the molecule is COc1cc(C)c(C)cc1CCNCC(C)(C)O. The van der Waals surface area contributed by atoms with Gasteiger partial charge in [0.15, 0.2) is 0 Å². The van der Waals surface area contributed by atoms with Gasteiger partial charge in [-0.05, 0) is 63.4 Å².